The fraction of sp³-hybridized carbons (Fsp3) is 0.667. The molecule has 0 radical (unpaired) electrons. The number of amides is 1. The molecule has 0 unspecified atom stereocenters. The molecule has 1 saturated heterocycles. The normalized spacial score (nSPS) is 21.2. The van der Waals surface area contributed by atoms with Crippen molar-refractivity contribution in [2.24, 2.45) is 0 Å². The van der Waals surface area contributed by atoms with Gasteiger partial charge in [-0.1, -0.05) is 24.6 Å². The molecule has 1 saturated carbocycles. The van der Waals surface area contributed by atoms with E-state index in [1.165, 1.54) is 25.7 Å². The highest BCUT2D eigenvalue weighted by atomic mass is 32.2. The van der Waals surface area contributed by atoms with Gasteiger partial charge in [-0.25, -0.2) is 9.97 Å². The van der Waals surface area contributed by atoms with Gasteiger partial charge < -0.3 is 4.90 Å². The van der Waals surface area contributed by atoms with Gasteiger partial charge in [0.05, 0.1) is 6.54 Å². The van der Waals surface area contributed by atoms with Crippen LogP contribution in [0.1, 0.15) is 31.2 Å². The molecule has 1 aliphatic carbocycles. The van der Waals surface area contributed by atoms with Gasteiger partial charge in [-0.2, -0.15) is 0 Å². The summed E-state index contributed by atoms with van der Waals surface area (Å²) in [5, 5.41) is 0.792. The van der Waals surface area contributed by atoms with Crippen molar-refractivity contribution in [3.8, 4) is 0 Å². The van der Waals surface area contributed by atoms with Crippen molar-refractivity contribution in [1.29, 1.82) is 0 Å². The Morgan fingerprint density at radius 3 is 2.57 bits per heavy atom. The summed E-state index contributed by atoms with van der Waals surface area (Å²) in [7, 11) is 0. The average molecular weight is 306 g/mol. The molecule has 0 bridgehead atoms. The molecule has 2 aliphatic rings. The van der Waals surface area contributed by atoms with Crippen LogP contribution >= 0.6 is 11.8 Å². The van der Waals surface area contributed by atoms with Crippen molar-refractivity contribution >= 4 is 17.7 Å². The number of carbonyl (C=O) groups is 1. The van der Waals surface area contributed by atoms with Crippen LogP contribution in [0.15, 0.2) is 17.6 Å². The van der Waals surface area contributed by atoms with Crippen molar-refractivity contribution in [3.63, 3.8) is 0 Å². The number of piperazine rings is 1. The van der Waals surface area contributed by atoms with Gasteiger partial charge in [0.25, 0.3) is 0 Å². The van der Waals surface area contributed by atoms with Gasteiger partial charge in [0, 0.05) is 43.6 Å². The van der Waals surface area contributed by atoms with Gasteiger partial charge in [-0.15, -0.1) is 0 Å². The van der Waals surface area contributed by atoms with E-state index in [-0.39, 0.29) is 5.91 Å². The van der Waals surface area contributed by atoms with E-state index < -0.39 is 0 Å². The monoisotopic (exact) mass is 306 g/mol. The number of rotatable bonds is 4. The average Bonchev–Trinajstić information content (AvgIpc) is 3.02. The summed E-state index contributed by atoms with van der Waals surface area (Å²) in [4.78, 5) is 25.2. The van der Waals surface area contributed by atoms with E-state index in [9.17, 15) is 4.79 Å². The standard InChI is InChI=1S/C15H22N4OS/c1-21-15-16-8-12(9-17-15)10-18-6-7-19(14(20)11-18)13-4-2-3-5-13/h8-9,13H,2-7,10-11H2,1H3. The molecule has 6 heteroatoms. The Morgan fingerprint density at radius 1 is 1.24 bits per heavy atom. The van der Waals surface area contributed by atoms with Crippen molar-refractivity contribution in [2.45, 2.75) is 43.4 Å². The van der Waals surface area contributed by atoms with E-state index in [0.717, 1.165) is 30.4 Å². The molecular weight excluding hydrogens is 284 g/mol. The Kier molecular flexibility index (Phi) is 4.75. The van der Waals surface area contributed by atoms with Crippen molar-refractivity contribution in [3.05, 3.63) is 18.0 Å². The first-order valence-electron chi connectivity index (χ1n) is 7.63. The molecule has 1 aliphatic heterocycles. The Balaban J connectivity index is 1.55. The minimum absolute atomic E-state index is 0.287. The molecule has 0 spiro atoms. The third-order valence-corrected chi connectivity index (χ3v) is 4.95. The molecule has 21 heavy (non-hydrogen) atoms. The lowest BCUT2D eigenvalue weighted by Gasteiger charge is -2.37. The second kappa shape index (κ2) is 6.75. The summed E-state index contributed by atoms with van der Waals surface area (Å²) in [5.41, 5.74) is 1.08. The predicted molar refractivity (Wildman–Crippen MR) is 83.1 cm³/mol. The highest BCUT2D eigenvalue weighted by Gasteiger charge is 2.31. The number of hydrogen-bond donors (Lipinski definition) is 0. The second-order valence-electron chi connectivity index (χ2n) is 5.81. The number of thioether (sulfide) groups is 1. The summed E-state index contributed by atoms with van der Waals surface area (Å²) < 4.78 is 0. The first-order valence-corrected chi connectivity index (χ1v) is 8.85. The number of nitrogens with zero attached hydrogens (tertiary/aromatic N) is 4. The molecule has 5 nitrogen and oxygen atoms in total. The second-order valence-corrected chi connectivity index (χ2v) is 6.59. The Morgan fingerprint density at radius 2 is 1.95 bits per heavy atom. The highest BCUT2D eigenvalue weighted by molar-refractivity contribution is 7.98. The van der Waals surface area contributed by atoms with Crippen molar-refractivity contribution in [2.75, 3.05) is 25.9 Å². The van der Waals surface area contributed by atoms with Gasteiger partial charge in [0.15, 0.2) is 5.16 Å². The van der Waals surface area contributed by atoms with Gasteiger partial charge in [-0.3, -0.25) is 9.69 Å². The highest BCUT2D eigenvalue weighted by Crippen LogP contribution is 2.25. The lowest BCUT2D eigenvalue weighted by Crippen LogP contribution is -2.53. The third-order valence-electron chi connectivity index (χ3n) is 4.37. The van der Waals surface area contributed by atoms with Crippen LogP contribution in [0.3, 0.4) is 0 Å². The van der Waals surface area contributed by atoms with E-state index in [1.807, 2.05) is 18.6 Å². The van der Waals surface area contributed by atoms with Crippen LogP contribution in [0, 0.1) is 0 Å². The van der Waals surface area contributed by atoms with Crippen LogP contribution in [0.25, 0.3) is 0 Å². The zero-order valence-electron chi connectivity index (χ0n) is 12.5. The first-order chi connectivity index (χ1) is 10.3. The lowest BCUT2D eigenvalue weighted by molar-refractivity contribution is -0.138. The van der Waals surface area contributed by atoms with E-state index in [0.29, 0.717) is 12.6 Å². The van der Waals surface area contributed by atoms with Gasteiger partial charge in [-0.05, 0) is 19.1 Å². The fourth-order valence-electron chi connectivity index (χ4n) is 3.26. The van der Waals surface area contributed by atoms with E-state index in [1.54, 1.807) is 11.8 Å². The SMILES string of the molecule is CSc1ncc(CN2CCN(C3CCCC3)C(=O)C2)cn1. The summed E-state index contributed by atoms with van der Waals surface area (Å²) in [5.74, 6) is 0.287. The smallest absolute Gasteiger partial charge is 0.237 e. The molecule has 2 heterocycles. The fourth-order valence-corrected chi connectivity index (χ4v) is 3.58. The summed E-state index contributed by atoms with van der Waals surface area (Å²) >= 11 is 1.54. The minimum atomic E-state index is 0.287. The van der Waals surface area contributed by atoms with Crippen LogP contribution < -0.4 is 0 Å². The topological polar surface area (TPSA) is 49.3 Å². The van der Waals surface area contributed by atoms with Gasteiger partial charge >= 0.3 is 0 Å². The summed E-state index contributed by atoms with van der Waals surface area (Å²) in [6.07, 6.45) is 10.6. The Bertz CT molecular complexity index is 487. The predicted octanol–water partition coefficient (Wildman–Crippen LogP) is 1.79. The molecule has 0 atom stereocenters. The van der Waals surface area contributed by atoms with Crippen LogP contribution in [0.4, 0.5) is 0 Å². The Hall–Kier alpha value is -1.14. The number of hydrogen-bond acceptors (Lipinski definition) is 5. The lowest BCUT2D eigenvalue weighted by atomic mass is 10.1. The van der Waals surface area contributed by atoms with Crippen LogP contribution in [-0.4, -0.2) is 57.6 Å². The first kappa shape index (κ1) is 14.8. The largest absolute Gasteiger partial charge is 0.337 e. The zero-order valence-corrected chi connectivity index (χ0v) is 13.3. The molecule has 1 aromatic rings. The van der Waals surface area contributed by atoms with Crippen LogP contribution in [0.2, 0.25) is 0 Å². The van der Waals surface area contributed by atoms with Gasteiger partial charge in [0.2, 0.25) is 5.91 Å². The molecular formula is C15H22N4OS. The van der Waals surface area contributed by atoms with Crippen molar-refractivity contribution in [1.82, 2.24) is 19.8 Å². The van der Waals surface area contributed by atoms with E-state index in [4.69, 9.17) is 0 Å². The summed E-state index contributed by atoms with van der Waals surface area (Å²) in [6, 6.07) is 0.504. The van der Waals surface area contributed by atoms with Crippen LogP contribution in [0.5, 0.6) is 0 Å². The third kappa shape index (κ3) is 3.55. The maximum Gasteiger partial charge on any atom is 0.237 e. The maximum atomic E-state index is 12.3. The van der Waals surface area contributed by atoms with E-state index >= 15 is 0 Å². The minimum Gasteiger partial charge on any atom is -0.337 e. The molecule has 114 valence electrons. The van der Waals surface area contributed by atoms with Gasteiger partial charge in [0.1, 0.15) is 0 Å². The number of carbonyl (C=O) groups excluding carboxylic acids is 1. The van der Waals surface area contributed by atoms with Crippen LogP contribution in [-0.2, 0) is 11.3 Å². The number of aromatic nitrogens is 2. The maximum absolute atomic E-state index is 12.3. The van der Waals surface area contributed by atoms with Crippen molar-refractivity contribution < 1.29 is 4.79 Å². The quantitative estimate of drug-likeness (QED) is 0.627. The zero-order chi connectivity index (χ0) is 14.7. The molecule has 3 rings (SSSR count). The molecule has 2 fully saturated rings. The molecule has 1 amide bonds. The Labute approximate surface area is 130 Å². The molecule has 0 aromatic carbocycles. The molecule has 0 N–H and O–H groups in total. The molecule has 1 aromatic heterocycles. The summed E-state index contributed by atoms with van der Waals surface area (Å²) in [6.45, 7) is 3.11. The van der Waals surface area contributed by atoms with E-state index in [2.05, 4.69) is 19.8 Å².